The summed E-state index contributed by atoms with van der Waals surface area (Å²) >= 11 is 5.82. The molecule has 0 aliphatic rings. The van der Waals surface area contributed by atoms with Gasteiger partial charge >= 0.3 is 6.03 Å². The van der Waals surface area contributed by atoms with E-state index in [0.29, 0.717) is 22.0 Å². The van der Waals surface area contributed by atoms with Crippen LogP contribution in [0.3, 0.4) is 0 Å². The third-order valence-corrected chi connectivity index (χ3v) is 3.34. The second-order valence-electron chi connectivity index (χ2n) is 4.86. The smallest absolute Gasteiger partial charge is 0.326 e. The Balaban J connectivity index is 2.04. The highest BCUT2D eigenvalue weighted by atomic mass is 35.5. The number of methoxy groups -OCH3 is 1. The van der Waals surface area contributed by atoms with Crippen LogP contribution in [0.15, 0.2) is 54.1 Å². The van der Waals surface area contributed by atoms with E-state index in [4.69, 9.17) is 21.6 Å². The first-order valence-corrected chi connectivity index (χ1v) is 7.53. The lowest BCUT2D eigenvalue weighted by molar-refractivity contribution is -0.115. The normalized spacial score (nSPS) is 10.5. The number of carbonyl (C=O) groups is 2. The molecular weight excluding hydrogens is 342 g/mol. The molecule has 0 bridgehead atoms. The summed E-state index contributed by atoms with van der Waals surface area (Å²) in [6.07, 6.45) is 1.38. The van der Waals surface area contributed by atoms with Crippen molar-refractivity contribution in [2.24, 2.45) is 0 Å². The molecule has 0 unspecified atom stereocenters. The lowest BCUT2D eigenvalue weighted by Crippen LogP contribution is -2.35. The summed E-state index contributed by atoms with van der Waals surface area (Å²) in [5, 5.41) is 14.1. The van der Waals surface area contributed by atoms with Crippen LogP contribution in [-0.2, 0) is 4.79 Å². The van der Waals surface area contributed by atoms with Crippen LogP contribution in [0.2, 0.25) is 5.02 Å². The van der Waals surface area contributed by atoms with Crippen molar-refractivity contribution >= 4 is 35.3 Å². The molecule has 7 heteroatoms. The number of rotatable bonds is 4. The molecule has 2 rings (SSSR count). The van der Waals surface area contributed by atoms with Crippen LogP contribution in [0, 0.1) is 11.3 Å². The van der Waals surface area contributed by atoms with Crippen molar-refractivity contribution in [3.63, 3.8) is 0 Å². The Kier molecular flexibility index (Phi) is 6.15. The molecule has 2 N–H and O–H groups in total. The fraction of sp³-hybridized carbons (Fsp3) is 0.0556. The Labute approximate surface area is 149 Å². The maximum atomic E-state index is 12.1. The molecule has 0 saturated carbocycles. The summed E-state index contributed by atoms with van der Waals surface area (Å²) in [5.41, 5.74) is 0.851. The van der Waals surface area contributed by atoms with Gasteiger partial charge in [0.2, 0.25) is 0 Å². The van der Waals surface area contributed by atoms with Crippen molar-refractivity contribution in [2.75, 3.05) is 12.4 Å². The topological polar surface area (TPSA) is 91.2 Å². The minimum absolute atomic E-state index is 0.202. The minimum atomic E-state index is -0.808. The summed E-state index contributed by atoms with van der Waals surface area (Å²) in [6, 6.07) is 14.3. The molecule has 0 radical (unpaired) electrons. The van der Waals surface area contributed by atoms with Crippen molar-refractivity contribution < 1.29 is 14.3 Å². The number of nitrogens with one attached hydrogen (secondary N) is 2. The zero-order valence-corrected chi connectivity index (χ0v) is 14.0. The van der Waals surface area contributed by atoms with E-state index in [1.807, 2.05) is 0 Å². The number of nitrogens with zero attached hydrogens (tertiary/aromatic N) is 1. The highest BCUT2D eigenvalue weighted by molar-refractivity contribution is 6.30. The summed E-state index contributed by atoms with van der Waals surface area (Å²) in [4.78, 5) is 23.9. The van der Waals surface area contributed by atoms with Crippen LogP contribution < -0.4 is 15.4 Å². The molecule has 0 aromatic heterocycles. The maximum absolute atomic E-state index is 12.1. The van der Waals surface area contributed by atoms with Crippen molar-refractivity contribution in [1.82, 2.24) is 5.32 Å². The van der Waals surface area contributed by atoms with Crippen LogP contribution in [-0.4, -0.2) is 19.0 Å². The number of ether oxygens (including phenoxy) is 1. The molecule has 2 aromatic carbocycles. The van der Waals surface area contributed by atoms with Crippen LogP contribution in [0.5, 0.6) is 5.75 Å². The van der Waals surface area contributed by atoms with Gasteiger partial charge in [-0.05, 0) is 42.0 Å². The maximum Gasteiger partial charge on any atom is 0.326 e. The quantitative estimate of drug-likeness (QED) is 0.647. The van der Waals surface area contributed by atoms with Crippen molar-refractivity contribution in [2.45, 2.75) is 0 Å². The zero-order valence-electron chi connectivity index (χ0n) is 13.2. The fourth-order valence-electron chi connectivity index (χ4n) is 1.91. The molecule has 0 aliphatic heterocycles. The molecule has 0 saturated heterocycles. The number of urea groups is 1. The Hall–Kier alpha value is -3.30. The summed E-state index contributed by atoms with van der Waals surface area (Å²) in [6.45, 7) is 0. The molecule has 25 heavy (non-hydrogen) atoms. The number of amides is 3. The number of halogens is 1. The van der Waals surface area contributed by atoms with Crippen LogP contribution >= 0.6 is 11.6 Å². The Morgan fingerprint density at radius 2 is 1.92 bits per heavy atom. The van der Waals surface area contributed by atoms with Gasteiger partial charge < -0.3 is 10.1 Å². The molecule has 126 valence electrons. The average molecular weight is 356 g/mol. The largest absolute Gasteiger partial charge is 0.497 e. The van der Waals surface area contributed by atoms with Gasteiger partial charge in [-0.15, -0.1) is 0 Å². The standard InChI is InChI=1S/C18H14ClN3O3/c1-25-16-7-5-12(6-8-16)9-13(11-20)17(23)22-18(24)21-15-4-2-3-14(19)10-15/h2-10H,1H3,(H2,21,22,23,24)/b13-9-. The SMILES string of the molecule is COc1ccc(/C=C(/C#N)C(=O)NC(=O)Nc2cccc(Cl)c2)cc1. The second kappa shape index (κ2) is 8.52. The minimum Gasteiger partial charge on any atom is -0.497 e. The summed E-state index contributed by atoms with van der Waals surface area (Å²) < 4.78 is 5.04. The third-order valence-electron chi connectivity index (χ3n) is 3.10. The van der Waals surface area contributed by atoms with Gasteiger partial charge in [-0.3, -0.25) is 10.1 Å². The van der Waals surface area contributed by atoms with E-state index >= 15 is 0 Å². The molecule has 6 nitrogen and oxygen atoms in total. The van der Waals surface area contributed by atoms with Gasteiger partial charge in [0.05, 0.1) is 7.11 Å². The number of hydrogen-bond acceptors (Lipinski definition) is 4. The highest BCUT2D eigenvalue weighted by Gasteiger charge is 2.13. The van der Waals surface area contributed by atoms with Gasteiger partial charge in [-0.2, -0.15) is 5.26 Å². The van der Waals surface area contributed by atoms with E-state index in [1.54, 1.807) is 48.5 Å². The third kappa shape index (κ3) is 5.37. The number of hydrogen-bond donors (Lipinski definition) is 2. The first-order chi connectivity index (χ1) is 12.0. The number of benzene rings is 2. The van der Waals surface area contributed by atoms with Gasteiger partial charge in [0.1, 0.15) is 17.4 Å². The Bertz CT molecular complexity index is 855. The van der Waals surface area contributed by atoms with Crippen LogP contribution in [0.1, 0.15) is 5.56 Å². The summed E-state index contributed by atoms with van der Waals surface area (Å²) in [7, 11) is 1.54. The van der Waals surface area contributed by atoms with Crippen LogP contribution in [0.4, 0.5) is 10.5 Å². The predicted octanol–water partition coefficient (Wildman–Crippen LogP) is 3.60. The van der Waals surface area contributed by atoms with Gasteiger partial charge in [-0.25, -0.2) is 4.79 Å². The van der Waals surface area contributed by atoms with E-state index in [-0.39, 0.29) is 5.57 Å². The Morgan fingerprint density at radius 3 is 2.52 bits per heavy atom. The van der Waals surface area contributed by atoms with E-state index < -0.39 is 11.9 Å². The lowest BCUT2D eigenvalue weighted by atomic mass is 10.1. The molecule has 0 spiro atoms. The molecule has 0 aliphatic carbocycles. The van der Waals surface area contributed by atoms with E-state index in [2.05, 4.69) is 10.6 Å². The predicted molar refractivity (Wildman–Crippen MR) is 95.2 cm³/mol. The number of anilines is 1. The molecular formula is C18H14ClN3O3. The first kappa shape index (κ1) is 18.0. The highest BCUT2D eigenvalue weighted by Crippen LogP contribution is 2.15. The van der Waals surface area contributed by atoms with Crippen molar-refractivity contribution in [3.8, 4) is 11.8 Å². The molecule has 3 amide bonds. The van der Waals surface area contributed by atoms with E-state index in [1.165, 1.54) is 19.3 Å². The van der Waals surface area contributed by atoms with Crippen molar-refractivity contribution in [3.05, 3.63) is 64.7 Å². The molecule has 0 fully saturated rings. The average Bonchev–Trinajstić information content (AvgIpc) is 2.60. The second-order valence-corrected chi connectivity index (χ2v) is 5.30. The van der Waals surface area contributed by atoms with Gasteiger partial charge in [0, 0.05) is 10.7 Å². The molecule has 0 heterocycles. The summed E-state index contributed by atoms with van der Waals surface area (Å²) in [5.74, 6) is -0.154. The first-order valence-electron chi connectivity index (χ1n) is 7.15. The monoisotopic (exact) mass is 355 g/mol. The molecule has 2 aromatic rings. The van der Waals surface area contributed by atoms with Gasteiger partial charge in [-0.1, -0.05) is 29.8 Å². The number of imide groups is 1. The fourth-order valence-corrected chi connectivity index (χ4v) is 2.10. The van der Waals surface area contributed by atoms with Crippen molar-refractivity contribution in [1.29, 1.82) is 5.26 Å². The molecule has 0 atom stereocenters. The van der Waals surface area contributed by atoms with E-state index in [9.17, 15) is 9.59 Å². The zero-order chi connectivity index (χ0) is 18.2. The Morgan fingerprint density at radius 1 is 1.20 bits per heavy atom. The van der Waals surface area contributed by atoms with Gasteiger partial charge in [0.25, 0.3) is 5.91 Å². The van der Waals surface area contributed by atoms with E-state index in [0.717, 1.165) is 0 Å². The van der Waals surface area contributed by atoms with Gasteiger partial charge in [0.15, 0.2) is 0 Å². The number of nitriles is 1. The lowest BCUT2D eigenvalue weighted by Gasteiger charge is -2.06. The van der Waals surface area contributed by atoms with Crippen LogP contribution in [0.25, 0.3) is 6.08 Å². The number of carbonyl (C=O) groups excluding carboxylic acids is 2.